The molecule has 2 rings (SSSR count). The molecule has 0 aromatic heterocycles. The van der Waals surface area contributed by atoms with Gasteiger partial charge in [-0.2, -0.15) is 0 Å². The van der Waals surface area contributed by atoms with E-state index in [0.29, 0.717) is 11.1 Å². The summed E-state index contributed by atoms with van der Waals surface area (Å²) in [7, 11) is 0. The molecule has 13 heavy (non-hydrogen) atoms. The molecule has 1 aromatic carbocycles. The second-order valence-corrected chi connectivity index (χ2v) is 2.36. The molecule has 1 heterocycles. The Bertz CT molecular complexity index is 369. The molecule has 0 unspecified atom stereocenters. The maximum atomic E-state index is 11.0. The van der Waals surface area contributed by atoms with Gasteiger partial charge in [0.25, 0.3) is 11.8 Å². The number of hydrogen-bond donors (Lipinski definition) is 0. The topological polar surface area (TPSA) is 58.9 Å². The van der Waals surface area contributed by atoms with Crippen LogP contribution in [-0.2, 0) is 0 Å². The Morgan fingerprint density at radius 2 is 1.31 bits per heavy atom. The zero-order valence-electron chi connectivity index (χ0n) is 7.02. The van der Waals surface area contributed by atoms with Gasteiger partial charge in [0.05, 0.1) is 11.1 Å². The van der Waals surface area contributed by atoms with Gasteiger partial charge in [-0.05, 0) is 12.1 Å². The fourth-order valence-corrected chi connectivity index (χ4v) is 1.05. The van der Waals surface area contributed by atoms with Crippen LogP contribution in [0.25, 0.3) is 0 Å². The van der Waals surface area contributed by atoms with Gasteiger partial charge in [0.1, 0.15) is 0 Å². The van der Waals surface area contributed by atoms with Gasteiger partial charge in [-0.25, -0.2) is 0 Å². The molecule has 1 aliphatic rings. The predicted octanol–water partition coefficient (Wildman–Crippen LogP) is 0.897. The van der Waals surface area contributed by atoms with Crippen molar-refractivity contribution in [1.82, 2.24) is 0 Å². The zero-order valence-corrected chi connectivity index (χ0v) is 6.02. The minimum atomic E-state index is -0.454. The van der Waals surface area contributed by atoms with Crippen LogP contribution < -0.4 is 0 Å². The van der Waals surface area contributed by atoms with Gasteiger partial charge in [-0.15, -0.1) is 10.2 Å². The summed E-state index contributed by atoms with van der Waals surface area (Å²) >= 11 is 0. The molecule has 0 fully saturated rings. The maximum absolute atomic E-state index is 11.0. The van der Waals surface area contributed by atoms with E-state index in [2.05, 4.69) is 10.2 Å². The Morgan fingerprint density at radius 3 is 1.69 bits per heavy atom. The van der Waals surface area contributed by atoms with Crippen LogP contribution in [0.3, 0.4) is 0 Å². The van der Waals surface area contributed by atoms with Crippen LogP contribution in [0.4, 0.5) is 0 Å². The van der Waals surface area contributed by atoms with Crippen molar-refractivity contribution in [2.75, 3.05) is 0 Å². The first-order valence-corrected chi connectivity index (χ1v) is 3.38. The number of carbonyl (C=O) groups excluding carboxylic acids is 2. The first-order chi connectivity index (χ1) is 5.79. The molecule has 0 atom stereocenters. The first kappa shape index (κ1) is 10.2. The van der Waals surface area contributed by atoms with Crippen LogP contribution in [0.2, 0.25) is 0 Å². The van der Waals surface area contributed by atoms with Crippen molar-refractivity contribution in [3.05, 3.63) is 35.4 Å². The molecule has 4 nitrogen and oxygen atoms in total. The Hall–Kier alpha value is -0.840. The van der Waals surface area contributed by atoms with Gasteiger partial charge in [0.15, 0.2) is 0 Å². The SMILES string of the molecule is O=C1N=NC(=O)c2ccccc21.[H+].[NaH]. The Kier molecular flexibility index (Phi) is 3.08. The number of azo groups is 1. The summed E-state index contributed by atoms with van der Waals surface area (Å²) in [5, 5.41) is 6.38. The molecule has 0 N–H and O–H groups in total. The number of carbonyl (C=O) groups is 2. The van der Waals surface area contributed by atoms with E-state index in [1.54, 1.807) is 24.3 Å². The molecular weight excluding hydrogens is 179 g/mol. The van der Waals surface area contributed by atoms with Crippen LogP contribution in [0, 0.1) is 0 Å². The average molecular weight is 185 g/mol. The molecule has 0 bridgehead atoms. The third-order valence-corrected chi connectivity index (χ3v) is 1.62. The third kappa shape index (κ3) is 1.75. The molecule has 60 valence electrons. The molecule has 1 aromatic rings. The Balaban J connectivity index is 0.000000845. The number of hydrogen-bond acceptors (Lipinski definition) is 2. The molecule has 5 heteroatoms. The number of amides is 2. The van der Waals surface area contributed by atoms with Crippen LogP contribution in [0.1, 0.15) is 22.1 Å². The molecule has 0 saturated heterocycles. The van der Waals surface area contributed by atoms with Gasteiger partial charge in [0, 0.05) is 0 Å². The number of rotatable bonds is 0. The van der Waals surface area contributed by atoms with E-state index in [-0.39, 0.29) is 31.0 Å². The summed E-state index contributed by atoms with van der Waals surface area (Å²) in [4.78, 5) is 22.0. The van der Waals surface area contributed by atoms with Gasteiger partial charge < -0.3 is 0 Å². The second kappa shape index (κ2) is 3.91. The number of fused-ring (bicyclic) bond motifs is 1. The fraction of sp³-hybridized carbons (Fsp3) is 0. The standard InChI is InChI=1S/C8H4N2O2.Na.H/c11-7-5-3-1-2-4-6(5)8(12)10-9-7;;/h1-4H;;/p+1. The molecule has 0 saturated carbocycles. The van der Waals surface area contributed by atoms with E-state index in [4.69, 9.17) is 0 Å². The molecule has 0 radical (unpaired) electrons. The summed E-state index contributed by atoms with van der Waals surface area (Å²) in [6, 6.07) is 6.50. The first-order valence-electron chi connectivity index (χ1n) is 3.38. The van der Waals surface area contributed by atoms with Gasteiger partial charge in [0.2, 0.25) is 0 Å². The normalized spacial score (nSPS) is 13.5. The molecule has 2 amide bonds. The van der Waals surface area contributed by atoms with Gasteiger partial charge in [-0.3, -0.25) is 9.59 Å². The van der Waals surface area contributed by atoms with Gasteiger partial charge >= 0.3 is 31.0 Å². The summed E-state index contributed by atoms with van der Waals surface area (Å²) < 4.78 is 0. The van der Waals surface area contributed by atoms with E-state index in [1.165, 1.54) is 0 Å². The summed E-state index contributed by atoms with van der Waals surface area (Å²) in [5.41, 5.74) is 0.662. The monoisotopic (exact) mass is 185 g/mol. The van der Waals surface area contributed by atoms with Crippen molar-refractivity contribution in [3.8, 4) is 0 Å². The summed E-state index contributed by atoms with van der Waals surface area (Å²) in [6.45, 7) is 0. The third-order valence-electron chi connectivity index (χ3n) is 1.62. The molecule has 0 aliphatic carbocycles. The zero-order chi connectivity index (χ0) is 8.55. The van der Waals surface area contributed by atoms with E-state index < -0.39 is 11.8 Å². The van der Waals surface area contributed by atoms with Crippen molar-refractivity contribution in [2.24, 2.45) is 10.2 Å². The van der Waals surface area contributed by atoms with Crippen molar-refractivity contribution in [3.63, 3.8) is 0 Å². The minimum absolute atomic E-state index is 0. The Morgan fingerprint density at radius 1 is 0.923 bits per heavy atom. The van der Waals surface area contributed by atoms with Crippen LogP contribution in [-0.4, -0.2) is 41.4 Å². The van der Waals surface area contributed by atoms with E-state index in [1.807, 2.05) is 0 Å². The summed E-state index contributed by atoms with van der Waals surface area (Å²) in [5.74, 6) is -0.907. The van der Waals surface area contributed by atoms with Gasteiger partial charge in [-0.1, -0.05) is 12.1 Å². The molecule has 1 aliphatic heterocycles. The predicted molar refractivity (Wildman–Crippen MR) is 48.2 cm³/mol. The fourth-order valence-electron chi connectivity index (χ4n) is 1.05. The molecular formula is C8H6N2NaO2+. The average Bonchev–Trinajstić information content (AvgIpc) is 2.12. The van der Waals surface area contributed by atoms with E-state index in [0.717, 1.165) is 0 Å². The van der Waals surface area contributed by atoms with Crippen molar-refractivity contribution in [2.45, 2.75) is 0 Å². The van der Waals surface area contributed by atoms with Crippen molar-refractivity contribution < 1.29 is 11.0 Å². The Labute approximate surface area is 97.8 Å². The van der Waals surface area contributed by atoms with E-state index >= 15 is 0 Å². The van der Waals surface area contributed by atoms with E-state index in [9.17, 15) is 9.59 Å². The van der Waals surface area contributed by atoms with Crippen molar-refractivity contribution >= 4 is 41.4 Å². The summed E-state index contributed by atoms with van der Waals surface area (Å²) in [6.07, 6.45) is 0. The van der Waals surface area contributed by atoms with Crippen molar-refractivity contribution in [1.29, 1.82) is 0 Å². The number of benzene rings is 1. The number of nitrogens with zero attached hydrogens (tertiary/aromatic N) is 2. The molecule has 0 spiro atoms. The van der Waals surface area contributed by atoms with Crippen LogP contribution >= 0.6 is 0 Å². The second-order valence-electron chi connectivity index (χ2n) is 2.36. The van der Waals surface area contributed by atoms with Crippen LogP contribution in [0.5, 0.6) is 0 Å². The van der Waals surface area contributed by atoms with Crippen LogP contribution in [0.15, 0.2) is 34.5 Å². The quantitative estimate of drug-likeness (QED) is 0.563.